The highest BCUT2D eigenvalue weighted by atomic mass is 35.5. The van der Waals surface area contributed by atoms with E-state index in [9.17, 15) is 8.78 Å². The number of nitrogens with zero attached hydrogens (tertiary/aromatic N) is 1. The van der Waals surface area contributed by atoms with E-state index in [-0.39, 0.29) is 23.8 Å². The maximum absolute atomic E-state index is 14.6. The lowest BCUT2D eigenvalue weighted by Gasteiger charge is -2.10. The molecule has 3 aromatic rings. The highest BCUT2D eigenvalue weighted by Gasteiger charge is 2.19. The molecule has 0 N–H and O–H groups in total. The van der Waals surface area contributed by atoms with Crippen molar-refractivity contribution in [3.05, 3.63) is 65.4 Å². The molecule has 1 heterocycles. The van der Waals surface area contributed by atoms with Crippen LogP contribution < -0.4 is 9.47 Å². The zero-order valence-electron chi connectivity index (χ0n) is 13.3. The van der Waals surface area contributed by atoms with Gasteiger partial charge in [-0.05, 0) is 29.8 Å². The number of ether oxygens (including phenoxy) is 2. The van der Waals surface area contributed by atoms with Gasteiger partial charge in [-0.2, -0.15) is 0 Å². The Labute approximate surface area is 147 Å². The van der Waals surface area contributed by atoms with Gasteiger partial charge in [0.1, 0.15) is 12.4 Å². The lowest BCUT2D eigenvalue weighted by molar-refractivity contribution is 0.274. The van der Waals surface area contributed by atoms with Gasteiger partial charge in [-0.3, -0.25) is 0 Å². The van der Waals surface area contributed by atoms with Gasteiger partial charge < -0.3 is 14.0 Å². The van der Waals surface area contributed by atoms with Crippen molar-refractivity contribution >= 4 is 11.6 Å². The topological polar surface area (TPSA) is 44.5 Å². The molecule has 7 heteroatoms. The molecule has 0 aliphatic heterocycles. The van der Waals surface area contributed by atoms with E-state index >= 15 is 0 Å². The van der Waals surface area contributed by atoms with Crippen LogP contribution in [0.2, 0.25) is 0 Å². The summed E-state index contributed by atoms with van der Waals surface area (Å²) in [7, 11) is 1.56. The fourth-order valence-electron chi connectivity index (χ4n) is 2.23. The Morgan fingerprint density at radius 3 is 2.52 bits per heavy atom. The average molecular weight is 366 g/mol. The van der Waals surface area contributed by atoms with Gasteiger partial charge in [-0.1, -0.05) is 17.3 Å². The zero-order valence-corrected chi connectivity index (χ0v) is 14.0. The molecular weight excluding hydrogens is 352 g/mol. The maximum Gasteiger partial charge on any atom is 0.191 e. The smallest absolute Gasteiger partial charge is 0.191 e. The predicted octanol–water partition coefficient (Wildman–Crippen LogP) is 4.95. The van der Waals surface area contributed by atoms with Crippen molar-refractivity contribution in [1.82, 2.24) is 5.16 Å². The van der Waals surface area contributed by atoms with Crippen molar-refractivity contribution < 1.29 is 22.8 Å². The molecule has 0 saturated carbocycles. The number of hydrogen-bond acceptors (Lipinski definition) is 4. The lowest BCUT2D eigenvalue weighted by Crippen LogP contribution is -2.01. The van der Waals surface area contributed by atoms with E-state index in [2.05, 4.69) is 5.16 Å². The minimum atomic E-state index is -0.856. The van der Waals surface area contributed by atoms with Gasteiger partial charge in [0.2, 0.25) is 0 Å². The molecule has 0 saturated heterocycles. The lowest BCUT2D eigenvalue weighted by atomic mass is 10.1. The van der Waals surface area contributed by atoms with Crippen LogP contribution in [0.3, 0.4) is 0 Å². The summed E-state index contributed by atoms with van der Waals surface area (Å²) >= 11 is 5.65. The van der Waals surface area contributed by atoms with E-state index in [4.69, 9.17) is 25.6 Å². The molecule has 25 heavy (non-hydrogen) atoms. The Balaban J connectivity index is 1.83. The van der Waals surface area contributed by atoms with Gasteiger partial charge in [-0.15, -0.1) is 11.6 Å². The van der Waals surface area contributed by atoms with Crippen LogP contribution in [0, 0.1) is 11.6 Å². The van der Waals surface area contributed by atoms with E-state index in [0.29, 0.717) is 11.4 Å². The Hall–Kier alpha value is -2.60. The highest BCUT2D eigenvalue weighted by Crippen LogP contribution is 2.32. The molecule has 0 aliphatic carbocycles. The quantitative estimate of drug-likeness (QED) is 0.580. The van der Waals surface area contributed by atoms with Gasteiger partial charge in [-0.25, -0.2) is 8.78 Å². The first-order valence-corrected chi connectivity index (χ1v) is 7.91. The number of benzene rings is 2. The van der Waals surface area contributed by atoms with Crippen LogP contribution in [-0.4, -0.2) is 12.3 Å². The first-order chi connectivity index (χ1) is 12.1. The van der Waals surface area contributed by atoms with E-state index < -0.39 is 17.4 Å². The highest BCUT2D eigenvalue weighted by molar-refractivity contribution is 6.16. The molecule has 130 valence electrons. The Bertz CT molecular complexity index is 865. The Morgan fingerprint density at radius 2 is 1.88 bits per heavy atom. The fourth-order valence-corrected chi connectivity index (χ4v) is 2.36. The first kappa shape index (κ1) is 17.2. The van der Waals surface area contributed by atoms with Crippen LogP contribution in [0.5, 0.6) is 11.5 Å². The second kappa shape index (κ2) is 7.53. The molecule has 2 aromatic carbocycles. The number of alkyl halides is 1. The molecule has 0 amide bonds. The van der Waals surface area contributed by atoms with Crippen LogP contribution >= 0.6 is 11.6 Å². The number of hydrogen-bond donors (Lipinski definition) is 0. The average Bonchev–Trinajstić information content (AvgIpc) is 3.11. The van der Waals surface area contributed by atoms with Crippen LogP contribution in [0.4, 0.5) is 8.78 Å². The van der Waals surface area contributed by atoms with Gasteiger partial charge in [0.05, 0.1) is 24.2 Å². The van der Waals surface area contributed by atoms with Gasteiger partial charge in [0.25, 0.3) is 0 Å². The van der Waals surface area contributed by atoms with Crippen LogP contribution in [0.1, 0.15) is 11.3 Å². The number of rotatable bonds is 6. The summed E-state index contributed by atoms with van der Waals surface area (Å²) in [5.74, 6) is -1.16. The van der Waals surface area contributed by atoms with Crippen molar-refractivity contribution in [2.45, 2.75) is 12.5 Å². The van der Waals surface area contributed by atoms with E-state index in [1.165, 1.54) is 12.1 Å². The summed E-state index contributed by atoms with van der Waals surface area (Å²) in [5, 5.41) is 3.69. The van der Waals surface area contributed by atoms with Crippen molar-refractivity contribution in [3.63, 3.8) is 0 Å². The van der Waals surface area contributed by atoms with Crippen molar-refractivity contribution in [2.75, 3.05) is 7.11 Å². The van der Waals surface area contributed by atoms with Gasteiger partial charge in [0, 0.05) is 6.07 Å². The standard InChI is InChI=1S/C18H14ClF2NO3/c1-23-13-4-2-11(3-5-13)10-24-18-15(20)7-6-14(17(18)21)16-8-12(9-19)22-25-16/h2-8H,9-10H2,1H3. The molecule has 0 fully saturated rings. The third-order valence-electron chi connectivity index (χ3n) is 3.55. The summed E-state index contributed by atoms with van der Waals surface area (Å²) in [5.41, 5.74) is 1.25. The van der Waals surface area contributed by atoms with Crippen LogP contribution in [-0.2, 0) is 12.5 Å². The molecule has 0 aliphatic rings. The van der Waals surface area contributed by atoms with Crippen LogP contribution in [0.25, 0.3) is 11.3 Å². The van der Waals surface area contributed by atoms with E-state index in [1.807, 2.05) is 0 Å². The van der Waals surface area contributed by atoms with Gasteiger partial charge in [0.15, 0.2) is 23.1 Å². The summed E-state index contributed by atoms with van der Waals surface area (Å²) < 4.78 is 44.1. The van der Waals surface area contributed by atoms with Crippen LogP contribution in [0.15, 0.2) is 47.0 Å². The molecule has 4 nitrogen and oxygen atoms in total. The van der Waals surface area contributed by atoms with E-state index in [1.54, 1.807) is 31.4 Å². The number of methoxy groups -OCH3 is 1. The zero-order chi connectivity index (χ0) is 17.8. The third kappa shape index (κ3) is 3.74. The summed E-state index contributed by atoms with van der Waals surface area (Å²) in [6.07, 6.45) is 0. The van der Waals surface area contributed by atoms with Crippen molar-refractivity contribution in [3.8, 4) is 22.8 Å². The molecule has 0 bridgehead atoms. The molecule has 0 spiro atoms. The van der Waals surface area contributed by atoms with Crippen molar-refractivity contribution in [1.29, 1.82) is 0 Å². The Morgan fingerprint density at radius 1 is 1.12 bits per heavy atom. The summed E-state index contributed by atoms with van der Waals surface area (Å²) in [4.78, 5) is 0. The summed E-state index contributed by atoms with van der Waals surface area (Å²) in [6.45, 7) is 0.00459. The Kier molecular flexibility index (Phi) is 5.19. The molecular formula is C18H14ClF2NO3. The van der Waals surface area contributed by atoms with Gasteiger partial charge >= 0.3 is 0 Å². The second-order valence-electron chi connectivity index (χ2n) is 5.19. The molecule has 0 atom stereocenters. The molecule has 0 radical (unpaired) electrons. The predicted molar refractivity (Wildman–Crippen MR) is 88.7 cm³/mol. The monoisotopic (exact) mass is 365 g/mol. The fraction of sp³-hybridized carbons (Fsp3) is 0.167. The minimum absolute atomic E-state index is 0.00459. The normalized spacial score (nSPS) is 10.7. The maximum atomic E-state index is 14.6. The summed E-state index contributed by atoms with van der Waals surface area (Å²) in [6, 6.07) is 10.9. The van der Waals surface area contributed by atoms with Crippen molar-refractivity contribution in [2.24, 2.45) is 0 Å². The molecule has 0 unspecified atom stereocenters. The number of halogens is 3. The van der Waals surface area contributed by atoms with E-state index in [0.717, 1.165) is 11.6 Å². The third-order valence-corrected chi connectivity index (χ3v) is 3.83. The largest absolute Gasteiger partial charge is 0.497 e. The first-order valence-electron chi connectivity index (χ1n) is 7.38. The molecule has 3 rings (SSSR count). The SMILES string of the molecule is COc1ccc(COc2c(F)ccc(-c3cc(CCl)no3)c2F)cc1. The molecule has 1 aromatic heterocycles. The number of aromatic nitrogens is 1. The minimum Gasteiger partial charge on any atom is -0.497 e. The second-order valence-corrected chi connectivity index (χ2v) is 5.46.